The molecular formula is C21H20ClFN2O2S. The first-order valence-corrected chi connectivity index (χ1v) is 10.0. The van der Waals surface area contributed by atoms with Crippen molar-refractivity contribution in [2.75, 3.05) is 7.05 Å². The van der Waals surface area contributed by atoms with Crippen molar-refractivity contribution in [3.63, 3.8) is 0 Å². The van der Waals surface area contributed by atoms with E-state index >= 15 is 0 Å². The molecule has 0 aliphatic carbocycles. The van der Waals surface area contributed by atoms with Crippen LogP contribution in [-0.4, -0.2) is 28.9 Å². The van der Waals surface area contributed by atoms with E-state index in [-0.39, 0.29) is 18.6 Å². The van der Waals surface area contributed by atoms with E-state index in [1.54, 1.807) is 41.6 Å². The third-order valence-corrected chi connectivity index (χ3v) is 5.61. The lowest BCUT2D eigenvalue weighted by Crippen LogP contribution is -2.33. The van der Waals surface area contributed by atoms with E-state index < -0.39 is 5.82 Å². The van der Waals surface area contributed by atoms with Crippen LogP contribution in [0.3, 0.4) is 0 Å². The highest BCUT2D eigenvalue weighted by Crippen LogP contribution is 2.27. The minimum atomic E-state index is -0.393. The number of aromatic nitrogens is 1. The van der Waals surface area contributed by atoms with Gasteiger partial charge in [-0.15, -0.1) is 11.3 Å². The fourth-order valence-corrected chi connectivity index (χ4v) is 3.46. The number of hydrogen-bond donors (Lipinski definition) is 0. The van der Waals surface area contributed by atoms with Crippen molar-refractivity contribution in [1.29, 1.82) is 0 Å². The summed E-state index contributed by atoms with van der Waals surface area (Å²) in [5, 5.41) is 2.85. The number of nitrogens with zero attached hydrogens (tertiary/aromatic N) is 2. The Kier molecular flexibility index (Phi) is 6.31. The molecule has 1 amide bonds. The van der Waals surface area contributed by atoms with Gasteiger partial charge in [0.15, 0.2) is 0 Å². The van der Waals surface area contributed by atoms with Crippen LogP contribution in [0.1, 0.15) is 29.9 Å². The fraction of sp³-hybridized carbons (Fsp3) is 0.238. The molecule has 7 heteroatoms. The smallest absolute Gasteiger partial charge is 0.273 e. The Bertz CT molecular complexity index is 953. The van der Waals surface area contributed by atoms with Gasteiger partial charge in [0, 0.05) is 29.6 Å². The standard InChI is InChI=1S/C21H20ClFN2O2S/c1-13(2)25(3)21(26)19-12-28-20(24-19)14-7-9-15(10-8-14)27-11-16-17(22)5-4-6-18(16)23/h4-10,12-13H,11H2,1-3H3. The van der Waals surface area contributed by atoms with Crippen LogP contribution in [0.5, 0.6) is 5.75 Å². The maximum atomic E-state index is 13.8. The maximum Gasteiger partial charge on any atom is 0.273 e. The Morgan fingerprint density at radius 3 is 2.61 bits per heavy atom. The predicted octanol–water partition coefficient (Wildman–Crippen LogP) is 5.66. The first kappa shape index (κ1) is 20.3. The highest BCUT2D eigenvalue weighted by molar-refractivity contribution is 7.13. The highest BCUT2D eigenvalue weighted by atomic mass is 35.5. The minimum absolute atomic E-state index is 0.0439. The number of halogens is 2. The molecule has 0 bridgehead atoms. The molecule has 146 valence electrons. The average Bonchev–Trinajstić information content (AvgIpc) is 3.17. The Hall–Kier alpha value is -2.44. The van der Waals surface area contributed by atoms with Crippen LogP contribution in [0.4, 0.5) is 4.39 Å². The first-order valence-electron chi connectivity index (χ1n) is 8.75. The highest BCUT2D eigenvalue weighted by Gasteiger charge is 2.18. The van der Waals surface area contributed by atoms with Crippen molar-refractivity contribution < 1.29 is 13.9 Å². The Labute approximate surface area is 172 Å². The Morgan fingerprint density at radius 1 is 1.25 bits per heavy atom. The van der Waals surface area contributed by atoms with Gasteiger partial charge in [-0.3, -0.25) is 4.79 Å². The zero-order valence-electron chi connectivity index (χ0n) is 15.8. The minimum Gasteiger partial charge on any atom is -0.489 e. The summed E-state index contributed by atoms with van der Waals surface area (Å²) in [5.41, 5.74) is 1.64. The summed E-state index contributed by atoms with van der Waals surface area (Å²) in [6.45, 7) is 3.96. The molecule has 3 aromatic rings. The number of amides is 1. The van der Waals surface area contributed by atoms with E-state index in [0.29, 0.717) is 22.0 Å². The molecule has 3 rings (SSSR count). The fourth-order valence-electron chi connectivity index (χ4n) is 2.44. The monoisotopic (exact) mass is 418 g/mol. The molecule has 0 radical (unpaired) electrons. The number of carbonyl (C=O) groups is 1. The lowest BCUT2D eigenvalue weighted by molar-refractivity contribution is 0.0750. The number of thiazole rings is 1. The third-order valence-electron chi connectivity index (χ3n) is 4.36. The molecule has 0 fully saturated rings. The SMILES string of the molecule is CC(C)N(C)C(=O)c1csc(-c2ccc(OCc3c(F)cccc3Cl)cc2)n1. The summed E-state index contributed by atoms with van der Waals surface area (Å²) >= 11 is 7.43. The van der Waals surface area contributed by atoms with Crippen molar-refractivity contribution in [2.45, 2.75) is 26.5 Å². The van der Waals surface area contributed by atoms with E-state index in [9.17, 15) is 9.18 Å². The van der Waals surface area contributed by atoms with Crippen LogP contribution in [0.25, 0.3) is 10.6 Å². The number of rotatable bonds is 6. The number of carbonyl (C=O) groups excluding carboxylic acids is 1. The van der Waals surface area contributed by atoms with Crippen LogP contribution in [0.2, 0.25) is 5.02 Å². The molecule has 0 N–H and O–H groups in total. The van der Waals surface area contributed by atoms with Gasteiger partial charge in [-0.2, -0.15) is 0 Å². The van der Waals surface area contributed by atoms with Crippen LogP contribution >= 0.6 is 22.9 Å². The average molecular weight is 419 g/mol. The molecule has 0 unspecified atom stereocenters. The topological polar surface area (TPSA) is 42.4 Å². The second-order valence-corrected chi connectivity index (χ2v) is 7.83. The molecule has 0 aliphatic heterocycles. The molecule has 4 nitrogen and oxygen atoms in total. The van der Waals surface area contributed by atoms with E-state index in [1.165, 1.54) is 17.4 Å². The first-order chi connectivity index (χ1) is 13.4. The second-order valence-electron chi connectivity index (χ2n) is 6.56. The van der Waals surface area contributed by atoms with Gasteiger partial charge in [0.05, 0.1) is 5.02 Å². The van der Waals surface area contributed by atoms with Gasteiger partial charge in [-0.25, -0.2) is 9.37 Å². The Morgan fingerprint density at radius 2 is 1.96 bits per heavy atom. The molecule has 0 saturated heterocycles. The molecular weight excluding hydrogens is 399 g/mol. The van der Waals surface area contributed by atoms with Crippen LogP contribution in [0.15, 0.2) is 47.8 Å². The van der Waals surface area contributed by atoms with E-state index in [4.69, 9.17) is 16.3 Å². The van der Waals surface area contributed by atoms with Gasteiger partial charge >= 0.3 is 0 Å². The van der Waals surface area contributed by atoms with Gasteiger partial charge < -0.3 is 9.64 Å². The van der Waals surface area contributed by atoms with E-state index in [0.717, 1.165) is 10.6 Å². The predicted molar refractivity (Wildman–Crippen MR) is 111 cm³/mol. The van der Waals surface area contributed by atoms with Crippen molar-refractivity contribution in [3.8, 4) is 16.3 Å². The van der Waals surface area contributed by atoms with E-state index in [1.807, 2.05) is 26.0 Å². The van der Waals surface area contributed by atoms with E-state index in [2.05, 4.69) is 4.98 Å². The molecule has 28 heavy (non-hydrogen) atoms. The number of ether oxygens (including phenoxy) is 1. The molecule has 1 heterocycles. The Balaban J connectivity index is 1.69. The molecule has 2 aromatic carbocycles. The zero-order valence-corrected chi connectivity index (χ0v) is 17.4. The quantitative estimate of drug-likeness (QED) is 0.518. The third kappa shape index (κ3) is 4.51. The normalized spacial score (nSPS) is 10.9. The van der Waals surface area contributed by atoms with Gasteiger partial charge in [-0.05, 0) is 50.2 Å². The summed E-state index contributed by atoms with van der Waals surface area (Å²) in [6.07, 6.45) is 0. The molecule has 0 spiro atoms. The summed E-state index contributed by atoms with van der Waals surface area (Å²) in [4.78, 5) is 18.5. The number of benzene rings is 2. The lowest BCUT2D eigenvalue weighted by Gasteiger charge is -2.19. The van der Waals surface area contributed by atoms with Crippen molar-refractivity contribution in [3.05, 3.63) is 69.9 Å². The molecule has 0 atom stereocenters. The summed E-state index contributed by atoms with van der Waals surface area (Å²) in [7, 11) is 1.76. The lowest BCUT2D eigenvalue weighted by atomic mass is 10.2. The van der Waals surface area contributed by atoms with Crippen LogP contribution < -0.4 is 4.74 Å². The van der Waals surface area contributed by atoms with Gasteiger partial charge in [-0.1, -0.05) is 17.7 Å². The van der Waals surface area contributed by atoms with Crippen molar-refractivity contribution in [2.24, 2.45) is 0 Å². The number of hydrogen-bond acceptors (Lipinski definition) is 4. The molecule has 0 aliphatic rings. The van der Waals surface area contributed by atoms with Gasteiger partial charge in [0.2, 0.25) is 0 Å². The van der Waals surface area contributed by atoms with Crippen molar-refractivity contribution >= 4 is 28.8 Å². The van der Waals surface area contributed by atoms with Gasteiger partial charge in [0.25, 0.3) is 5.91 Å². The zero-order chi connectivity index (χ0) is 20.3. The summed E-state index contributed by atoms with van der Waals surface area (Å²) in [6, 6.07) is 11.9. The maximum absolute atomic E-state index is 13.8. The molecule has 0 saturated carbocycles. The van der Waals surface area contributed by atoms with Crippen molar-refractivity contribution in [1.82, 2.24) is 9.88 Å². The summed E-state index contributed by atoms with van der Waals surface area (Å²) in [5.74, 6) is 0.102. The molecule has 1 aromatic heterocycles. The van der Waals surface area contributed by atoms with Crippen LogP contribution in [-0.2, 0) is 6.61 Å². The second kappa shape index (κ2) is 8.71. The van der Waals surface area contributed by atoms with Gasteiger partial charge in [0.1, 0.15) is 28.9 Å². The largest absolute Gasteiger partial charge is 0.489 e. The summed E-state index contributed by atoms with van der Waals surface area (Å²) < 4.78 is 19.5. The van der Waals surface area contributed by atoms with Crippen LogP contribution in [0, 0.1) is 5.82 Å².